The van der Waals surface area contributed by atoms with E-state index in [1.807, 2.05) is 54.6 Å². The molecule has 96 valence electrons. The van der Waals surface area contributed by atoms with E-state index in [0.717, 1.165) is 16.7 Å². The summed E-state index contributed by atoms with van der Waals surface area (Å²) in [6.45, 7) is 0. The molecular formula is C16H14O3. The van der Waals surface area contributed by atoms with Crippen molar-refractivity contribution >= 4 is 5.97 Å². The molecule has 0 amide bonds. The number of aliphatic hydroxyl groups is 1. The summed E-state index contributed by atoms with van der Waals surface area (Å²) in [4.78, 5) is 11.2. The SMILES string of the molecule is O=C1O[C@@H](c2ccc(-c3ccccc3)cc2)C[C@H]1O. The molecular weight excluding hydrogens is 240 g/mol. The Morgan fingerprint density at radius 2 is 1.58 bits per heavy atom. The predicted molar refractivity (Wildman–Crippen MR) is 71.3 cm³/mol. The van der Waals surface area contributed by atoms with Crippen molar-refractivity contribution in [2.24, 2.45) is 0 Å². The number of hydrogen-bond donors (Lipinski definition) is 1. The van der Waals surface area contributed by atoms with Crippen LogP contribution in [0.1, 0.15) is 18.1 Å². The number of aliphatic hydroxyl groups excluding tert-OH is 1. The average molecular weight is 254 g/mol. The number of esters is 1. The van der Waals surface area contributed by atoms with Crippen molar-refractivity contribution in [2.75, 3.05) is 0 Å². The van der Waals surface area contributed by atoms with Crippen LogP contribution in [0.3, 0.4) is 0 Å². The summed E-state index contributed by atoms with van der Waals surface area (Å²) in [7, 11) is 0. The minimum atomic E-state index is -0.987. The molecule has 0 unspecified atom stereocenters. The van der Waals surface area contributed by atoms with Gasteiger partial charge in [-0.1, -0.05) is 54.6 Å². The molecule has 1 saturated heterocycles. The van der Waals surface area contributed by atoms with Crippen molar-refractivity contribution in [1.82, 2.24) is 0 Å². The third-order valence-electron chi connectivity index (χ3n) is 3.36. The summed E-state index contributed by atoms with van der Waals surface area (Å²) in [6.07, 6.45) is -0.977. The van der Waals surface area contributed by atoms with Gasteiger partial charge in [0.15, 0.2) is 6.10 Å². The highest BCUT2D eigenvalue weighted by Gasteiger charge is 2.33. The molecule has 1 heterocycles. The molecule has 1 aliphatic rings. The van der Waals surface area contributed by atoms with Crippen LogP contribution in [0, 0.1) is 0 Å². The zero-order chi connectivity index (χ0) is 13.2. The highest BCUT2D eigenvalue weighted by atomic mass is 16.6. The van der Waals surface area contributed by atoms with Crippen LogP contribution in [0.15, 0.2) is 54.6 Å². The smallest absolute Gasteiger partial charge is 0.335 e. The van der Waals surface area contributed by atoms with Gasteiger partial charge in [-0.15, -0.1) is 0 Å². The van der Waals surface area contributed by atoms with Gasteiger partial charge in [-0.05, 0) is 16.7 Å². The molecule has 2 aromatic rings. The maximum Gasteiger partial charge on any atom is 0.335 e. The Bertz CT molecular complexity index is 575. The first-order valence-corrected chi connectivity index (χ1v) is 6.28. The fourth-order valence-electron chi connectivity index (χ4n) is 2.29. The maximum absolute atomic E-state index is 11.2. The van der Waals surface area contributed by atoms with Crippen LogP contribution >= 0.6 is 0 Å². The van der Waals surface area contributed by atoms with E-state index in [-0.39, 0.29) is 6.10 Å². The van der Waals surface area contributed by atoms with Crippen LogP contribution in [-0.4, -0.2) is 17.2 Å². The number of rotatable bonds is 2. The zero-order valence-corrected chi connectivity index (χ0v) is 10.3. The number of hydrogen-bond acceptors (Lipinski definition) is 3. The van der Waals surface area contributed by atoms with Gasteiger partial charge in [0.2, 0.25) is 0 Å². The van der Waals surface area contributed by atoms with Crippen LogP contribution in [0.5, 0.6) is 0 Å². The molecule has 19 heavy (non-hydrogen) atoms. The molecule has 2 atom stereocenters. The third-order valence-corrected chi connectivity index (χ3v) is 3.36. The van der Waals surface area contributed by atoms with Gasteiger partial charge in [0.1, 0.15) is 6.10 Å². The molecule has 3 heteroatoms. The van der Waals surface area contributed by atoms with Crippen LogP contribution in [0.2, 0.25) is 0 Å². The van der Waals surface area contributed by atoms with E-state index in [4.69, 9.17) is 4.74 Å². The molecule has 1 aliphatic heterocycles. The number of ether oxygens (including phenoxy) is 1. The highest BCUT2D eigenvalue weighted by Crippen LogP contribution is 2.31. The molecule has 0 aliphatic carbocycles. The van der Waals surface area contributed by atoms with Crippen molar-refractivity contribution in [1.29, 1.82) is 0 Å². The van der Waals surface area contributed by atoms with Crippen LogP contribution in [-0.2, 0) is 9.53 Å². The molecule has 3 nitrogen and oxygen atoms in total. The minimum absolute atomic E-state index is 0.327. The second-order valence-corrected chi connectivity index (χ2v) is 4.67. The highest BCUT2D eigenvalue weighted by molar-refractivity contribution is 5.76. The number of carbonyl (C=O) groups excluding carboxylic acids is 1. The van der Waals surface area contributed by atoms with Gasteiger partial charge in [0, 0.05) is 6.42 Å². The van der Waals surface area contributed by atoms with Crippen LogP contribution in [0.4, 0.5) is 0 Å². The van der Waals surface area contributed by atoms with E-state index in [9.17, 15) is 9.90 Å². The fraction of sp³-hybridized carbons (Fsp3) is 0.188. The number of benzene rings is 2. The molecule has 1 N–H and O–H groups in total. The molecule has 0 bridgehead atoms. The molecule has 3 rings (SSSR count). The largest absolute Gasteiger partial charge is 0.455 e. The van der Waals surface area contributed by atoms with Crippen molar-refractivity contribution in [3.8, 4) is 11.1 Å². The van der Waals surface area contributed by atoms with E-state index >= 15 is 0 Å². The van der Waals surface area contributed by atoms with Gasteiger partial charge in [-0.3, -0.25) is 0 Å². The third kappa shape index (κ3) is 2.37. The van der Waals surface area contributed by atoms with Gasteiger partial charge >= 0.3 is 5.97 Å². The summed E-state index contributed by atoms with van der Waals surface area (Å²) in [5.74, 6) is -0.530. The van der Waals surface area contributed by atoms with Gasteiger partial charge in [0.05, 0.1) is 0 Å². The Morgan fingerprint density at radius 1 is 0.947 bits per heavy atom. The van der Waals surface area contributed by atoms with Crippen LogP contribution < -0.4 is 0 Å². The number of cyclic esters (lactones) is 1. The van der Waals surface area contributed by atoms with Crippen molar-refractivity contribution in [3.05, 3.63) is 60.2 Å². The molecule has 0 radical (unpaired) electrons. The second-order valence-electron chi connectivity index (χ2n) is 4.67. The average Bonchev–Trinajstić information content (AvgIpc) is 2.80. The van der Waals surface area contributed by atoms with E-state index in [1.54, 1.807) is 0 Å². The van der Waals surface area contributed by atoms with Crippen molar-refractivity contribution in [3.63, 3.8) is 0 Å². The van der Waals surface area contributed by atoms with E-state index in [1.165, 1.54) is 0 Å². The van der Waals surface area contributed by atoms with Gasteiger partial charge in [-0.2, -0.15) is 0 Å². The first kappa shape index (κ1) is 11.9. The van der Waals surface area contributed by atoms with Crippen LogP contribution in [0.25, 0.3) is 11.1 Å². The van der Waals surface area contributed by atoms with Gasteiger partial charge in [-0.25, -0.2) is 4.79 Å². The Kier molecular flexibility index (Phi) is 3.05. The fourth-order valence-corrected chi connectivity index (χ4v) is 2.29. The molecule has 0 aromatic heterocycles. The van der Waals surface area contributed by atoms with Gasteiger partial charge < -0.3 is 9.84 Å². The summed E-state index contributed by atoms with van der Waals surface area (Å²) < 4.78 is 5.12. The molecule has 0 saturated carbocycles. The molecule has 1 fully saturated rings. The quantitative estimate of drug-likeness (QED) is 0.838. The summed E-state index contributed by atoms with van der Waals surface area (Å²) >= 11 is 0. The van der Waals surface area contributed by atoms with Crippen molar-refractivity contribution < 1.29 is 14.6 Å². The Hall–Kier alpha value is -2.13. The predicted octanol–water partition coefficient (Wildman–Crippen LogP) is 2.70. The second kappa shape index (κ2) is 4.86. The Balaban J connectivity index is 1.82. The lowest BCUT2D eigenvalue weighted by atomic mass is 10.0. The first-order valence-electron chi connectivity index (χ1n) is 6.28. The molecule has 2 aromatic carbocycles. The topological polar surface area (TPSA) is 46.5 Å². The lowest BCUT2D eigenvalue weighted by Crippen LogP contribution is -2.11. The normalized spacial score (nSPS) is 22.3. The van der Waals surface area contributed by atoms with E-state index < -0.39 is 12.1 Å². The number of carbonyl (C=O) groups is 1. The summed E-state index contributed by atoms with van der Waals surface area (Å²) in [5.41, 5.74) is 3.19. The summed E-state index contributed by atoms with van der Waals surface area (Å²) in [6, 6.07) is 18.0. The van der Waals surface area contributed by atoms with E-state index in [2.05, 4.69) is 0 Å². The summed E-state index contributed by atoms with van der Waals surface area (Å²) in [5, 5.41) is 9.39. The molecule has 0 spiro atoms. The van der Waals surface area contributed by atoms with E-state index in [0.29, 0.717) is 6.42 Å². The van der Waals surface area contributed by atoms with Gasteiger partial charge in [0.25, 0.3) is 0 Å². The van der Waals surface area contributed by atoms with Crippen molar-refractivity contribution in [2.45, 2.75) is 18.6 Å². The monoisotopic (exact) mass is 254 g/mol. The Morgan fingerprint density at radius 3 is 2.16 bits per heavy atom. The standard InChI is InChI=1S/C16H14O3/c17-14-10-15(19-16(14)18)13-8-6-12(7-9-13)11-4-2-1-3-5-11/h1-9,14-15,17H,10H2/t14-,15-/m1/s1. The lowest BCUT2D eigenvalue weighted by Gasteiger charge is -2.10. The first-order chi connectivity index (χ1) is 9.24. The minimum Gasteiger partial charge on any atom is -0.455 e. The zero-order valence-electron chi connectivity index (χ0n) is 10.3. The lowest BCUT2D eigenvalue weighted by molar-refractivity contribution is -0.147. The maximum atomic E-state index is 11.2. The Labute approximate surface area is 111 Å².